The number of rotatable bonds is 7. The zero-order valence-electron chi connectivity index (χ0n) is 11.8. The van der Waals surface area contributed by atoms with Crippen molar-refractivity contribution in [1.82, 2.24) is 9.88 Å². The van der Waals surface area contributed by atoms with Crippen molar-refractivity contribution in [3.05, 3.63) is 22.4 Å². The van der Waals surface area contributed by atoms with Crippen LogP contribution in [0, 0.1) is 5.92 Å². The Hall–Kier alpha value is -0.770. The third kappa shape index (κ3) is 4.10. The van der Waals surface area contributed by atoms with Crippen molar-refractivity contribution in [1.29, 1.82) is 0 Å². The quantitative estimate of drug-likeness (QED) is 0.808. The molecule has 1 amide bonds. The van der Waals surface area contributed by atoms with Gasteiger partial charge in [0.25, 0.3) is 5.91 Å². The van der Waals surface area contributed by atoms with Gasteiger partial charge >= 0.3 is 0 Å². The van der Waals surface area contributed by atoms with Crippen LogP contribution >= 0.6 is 15.9 Å². The minimum absolute atomic E-state index is 0.0617. The number of halogens is 1. The molecule has 3 nitrogen and oxygen atoms in total. The summed E-state index contributed by atoms with van der Waals surface area (Å²) in [5.41, 5.74) is 0.767. The highest BCUT2D eigenvalue weighted by Crippen LogP contribution is 2.34. The summed E-state index contributed by atoms with van der Waals surface area (Å²) in [5.74, 6) is 0.908. The molecule has 1 aliphatic rings. The molecule has 1 fully saturated rings. The van der Waals surface area contributed by atoms with Crippen LogP contribution in [-0.2, 0) is 6.54 Å². The number of carbonyl (C=O) groups excluding carboxylic acids is 1. The fraction of sp³-hybridized carbons (Fsp3) is 0.667. The standard InChI is InChI=1S/C15H23BrN2O/c1-3-7-18-10-12(16)9-14(18)15(19)17-13(4-2)8-11-5-6-11/h9-11,13H,3-8H2,1-2H3,(H,17,19). The van der Waals surface area contributed by atoms with Gasteiger partial charge in [-0.25, -0.2) is 0 Å². The largest absolute Gasteiger partial charge is 0.348 e. The Morgan fingerprint density at radius 3 is 2.84 bits per heavy atom. The fourth-order valence-electron chi connectivity index (χ4n) is 2.43. The van der Waals surface area contributed by atoms with Crippen molar-refractivity contribution in [3.63, 3.8) is 0 Å². The minimum atomic E-state index is 0.0617. The molecule has 4 heteroatoms. The van der Waals surface area contributed by atoms with E-state index in [1.165, 1.54) is 12.8 Å². The monoisotopic (exact) mass is 326 g/mol. The number of aromatic nitrogens is 1. The van der Waals surface area contributed by atoms with Gasteiger partial charge in [-0.15, -0.1) is 0 Å². The molecule has 1 aromatic rings. The molecule has 19 heavy (non-hydrogen) atoms. The molecule has 106 valence electrons. The average molecular weight is 327 g/mol. The van der Waals surface area contributed by atoms with E-state index in [2.05, 4.69) is 35.1 Å². The molecule has 0 aliphatic heterocycles. The lowest BCUT2D eigenvalue weighted by Crippen LogP contribution is -2.35. The second-order valence-corrected chi connectivity index (χ2v) is 6.41. The van der Waals surface area contributed by atoms with Crippen molar-refractivity contribution in [3.8, 4) is 0 Å². The van der Waals surface area contributed by atoms with Crippen LogP contribution in [0.3, 0.4) is 0 Å². The average Bonchev–Trinajstić information content (AvgIpc) is 3.11. The molecule has 1 aromatic heterocycles. The van der Waals surface area contributed by atoms with E-state index in [9.17, 15) is 4.79 Å². The van der Waals surface area contributed by atoms with E-state index in [4.69, 9.17) is 0 Å². The van der Waals surface area contributed by atoms with Crippen LogP contribution < -0.4 is 5.32 Å². The lowest BCUT2D eigenvalue weighted by molar-refractivity contribution is 0.0923. The Morgan fingerprint density at radius 1 is 1.53 bits per heavy atom. The van der Waals surface area contributed by atoms with Crippen LogP contribution in [0.2, 0.25) is 0 Å². The van der Waals surface area contributed by atoms with E-state index in [-0.39, 0.29) is 5.91 Å². The molecular formula is C15H23BrN2O. The summed E-state index contributed by atoms with van der Waals surface area (Å²) in [4.78, 5) is 12.4. The van der Waals surface area contributed by atoms with E-state index in [0.29, 0.717) is 6.04 Å². The van der Waals surface area contributed by atoms with Gasteiger partial charge < -0.3 is 9.88 Å². The first-order chi connectivity index (χ1) is 9.13. The number of hydrogen-bond donors (Lipinski definition) is 1. The highest BCUT2D eigenvalue weighted by atomic mass is 79.9. The maximum absolute atomic E-state index is 12.4. The lowest BCUT2D eigenvalue weighted by Gasteiger charge is -2.17. The summed E-state index contributed by atoms with van der Waals surface area (Å²) in [6, 6.07) is 2.23. The summed E-state index contributed by atoms with van der Waals surface area (Å²) >= 11 is 3.45. The van der Waals surface area contributed by atoms with Crippen molar-refractivity contribution < 1.29 is 4.79 Å². The summed E-state index contributed by atoms with van der Waals surface area (Å²) < 4.78 is 3.00. The van der Waals surface area contributed by atoms with Gasteiger partial charge in [-0.1, -0.05) is 26.7 Å². The zero-order valence-corrected chi connectivity index (χ0v) is 13.4. The van der Waals surface area contributed by atoms with Crippen molar-refractivity contribution >= 4 is 21.8 Å². The Kier molecular flexibility index (Phi) is 5.08. The van der Waals surface area contributed by atoms with Gasteiger partial charge in [0.15, 0.2) is 0 Å². The first kappa shape index (κ1) is 14.6. The first-order valence-corrected chi connectivity index (χ1v) is 8.09. The van der Waals surface area contributed by atoms with Crippen LogP contribution in [-0.4, -0.2) is 16.5 Å². The normalized spacial score (nSPS) is 16.4. The second-order valence-electron chi connectivity index (χ2n) is 5.49. The number of carbonyl (C=O) groups is 1. The predicted molar refractivity (Wildman–Crippen MR) is 81.3 cm³/mol. The molecule has 1 atom stereocenters. The van der Waals surface area contributed by atoms with E-state index in [1.54, 1.807) is 0 Å². The van der Waals surface area contributed by atoms with Crippen molar-refractivity contribution in [2.24, 2.45) is 5.92 Å². The Bertz CT molecular complexity index is 437. The minimum Gasteiger partial charge on any atom is -0.348 e. The number of nitrogens with one attached hydrogen (secondary N) is 1. The van der Waals surface area contributed by atoms with Crippen LogP contribution in [0.5, 0.6) is 0 Å². The number of aryl methyl sites for hydroxylation is 1. The summed E-state index contributed by atoms with van der Waals surface area (Å²) in [5, 5.41) is 3.19. The molecule has 1 saturated carbocycles. The topological polar surface area (TPSA) is 34.0 Å². The zero-order chi connectivity index (χ0) is 13.8. The summed E-state index contributed by atoms with van der Waals surface area (Å²) in [7, 11) is 0. The van der Waals surface area contributed by atoms with Crippen LogP contribution in [0.25, 0.3) is 0 Å². The molecule has 1 heterocycles. The molecule has 0 saturated heterocycles. The van der Waals surface area contributed by atoms with E-state index in [1.807, 2.05) is 16.8 Å². The molecule has 1 N–H and O–H groups in total. The molecule has 2 rings (SSSR count). The predicted octanol–water partition coefficient (Wildman–Crippen LogP) is 3.97. The highest BCUT2D eigenvalue weighted by Gasteiger charge is 2.26. The third-order valence-corrected chi connectivity index (χ3v) is 4.14. The van der Waals surface area contributed by atoms with Crippen LogP contribution in [0.15, 0.2) is 16.7 Å². The van der Waals surface area contributed by atoms with Gasteiger partial charge in [0.1, 0.15) is 5.69 Å². The number of amides is 1. The van der Waals surface area contributed by atoms with Crippen LogP contribution in [0.4, 0.5) is 0 Å². The van der Waals surface area contributed by atoms with Crippen molar-refractivity contribution in [2.75, 3.05) is 0 Å². The summed E-state index contributed by atoms with van der Waals surface area (Å²) in [6.45, 7) is 5.15. The van der Waals surface area contributed by atoms with Gasteiger partial charge in [-0.3, -0.25) is 4.79 Å². The molecule has 0 bridgehead atoms. The lowest BCUT2D eigenvalue weighted by atomic mass is 10.1. The van der Waals surface area contributed by atoms with Gasteiger partial charge in [0, 0.05) is 23.3 Å². The smallest absolute Gasteiger partial charge is 0.268 e. The van der Waals surface area contributed by atoms with E-state index in [0.717, 1.165) is 41.9 Å². The molecular weight excluding hydrogens is 304 g/mol. The summed E-state index contributed by atoms with van der Waals surface area (Å²) in [6.07, 6.45) is 7.84. The van der Waals surface area contributed by atoms with Gasteiger partial charge in [-0.05, 0) is 47.2 Å². The second kappa shape index (κ2) is 6.60. The highest BCUT2D eigenvalue weighted by molar-refractivity contribution is 9.10. The van der Waals surface area contributed by atoms with Gasteiger partial charge in [0.05, 0.1) is 0 Å². The van der Waals surface area contributed by atoms with Crippen molar-refractivity contribution in [2.45, 2.75) is 58.5 Å². The fourth-order valence-corrected chi connectivity index (χ4v) is 2.90. The Labute approximate surface area is 123 Å². The first-order valence-electron chi connectivity index (χ1n) is 7.30. The van der Waals surface area contributed by atoms with Gasteiger partial charge in [0.2, 0.25) is 0 Å². The van der Waals surface area contributed by atoms with Gasteiger partial charge in [-0.2, -0.15) is 0 Å². The molecule has 0 aromatic carbocycles. The van der Waals surface area contributed by atoms with E-state index >= 15 is 0 Å². The molecule has 1 unspecified atom stereocenters. The molecule has 0 spiro atoms. The Balaban J connectivity index is 2.00. The molecule has 1 aliphatic carbocycles. The maximum Gasteiger partial charge on any atom is 0.268 e. The van der Waals surface area contributed by atoms with Crippen LogP contribution in [0.1, 0.15) is 56.4 Å². The molecule has 0 radical (unpaired) electrons. The van der Waals surface area contributed by atoms with E-state index < -0.39 is 0 Å². The maximum atomic E-state index is 12.4. The third-order valence-electron chi connectivity index (χ3n) is 3.70. The number of nitrogens with zero attached hydrogens (tertiary/aromatic N) is 1. The number of hydrogen-bond acceptors (Lipinski definition) is 1. The Morgan fingerprint density at radius 2 is 2.26 bits per heavy atom. The SMILES string of the molecule is CCCn1cc(Br)cc1C(=O)NC(CC)CC1CC1.